The minimum Gasteiger partial charge on any atom is -0.455 e. The Morgan fingerprint density at radius 2 is 2.10 bits per heavy atom. The molecule has 168 valence electrons. The first-order valence-electron chi connectivity index (χ1n) is 11.1. The highest BCUT2D eigenvalue weighted by atomic mass is 32.2. The molecule has 4 aliphatic heterocycles. The highest BCUT2D eigenvalue weighted by Crippen LogP contribution is 2.34. The van der Waals surface area contributed by atoms with Crippen molar-refractivity contribution in [2.75, 3.05) is 25.4 Å². The summed E-state index contributed by atoms with van der Waals surface area (Å²) in [4.78, 5) is 19.3. The molecular weight excluding hydrogens is 434 g/mol. The number of likely N-dealkylation sites (tertiary alicyclic amines) is 1. The lowest BCUT2D eigenvalue weighted by Crippen LogP contribution is -2.52. The molecule has 2 fully saturated rings. The highest BCUT2D eigenvalue weighted by Gasteiger charge is 2.42. The third kappa shape index (κ3) is 4.67. The van der Waals surface area contributed by atoms with E-state index in [1.165, 1.54) is 11.8 Å². The van der Waals surface area contributed by atoms with Gasteiger partial charge in [-0.3, -0.25) is 4.79 Å². The number of thioether (sulfide) groups is 2. The van der Waals surface area contributed by atoms with E-state index in [0.29, 0.717) is 17.7 Å². The summed E-state index contributed by atoms with van der Waals surface area (Å²) in [5.41, 5.74) is 6.49. The largest absolute Gasteiger partial charge is 0.455 e. The van der Waals surface area contributed by atoms with Gasteiger partial charge in [-0.2, -0.15) is 4.99 Å². The van der Waals surface area contributed by atoms with Crippen molar-refractivity contribution in [3.8, 4) is 0 Å². The number of amidine groups is 2. The third-order valence-electron chi connectivity index (χ3n) is 6.34. The molecule has 0 radical (unpaired) electrons. The number of hydrazone groups is 1. The van der Waals surface area contributed by atoms with Crippen molar-refractivity contribution >= 4 is 39.8 Å². The predicted octanol–water partition coefficient (Wildman–Crippen LogP) is 2.94. The van der Waals surface area contributed by atoms with Crippen molar-refractivity contribution in [2.24, 2.45) is 27.7 Å². The maximum Gasteiger partial charge on any atom is 0.255 e. The topological polar surface area (TPSA) is 96.7 Å². The number of hydrogen-bond acceptors (Lipinski definition) is 9. The van der Waals surface area contributed by atoms with Crippen LogP contribution in [-0.4, -0.2) is 63.9 Å². The van der Waals surface area contributed by atoms with Gasteiger partial charge in [-0.05, 0) is 55.5 Å². The molecule has 5 rings (SSSR count). The molecule has 1 aromatic heterocycles. The minimum atomic E-state index is -0.540. The zero-order valence-corrected chi connectivity index (χ0v) is 19.4. The zero-order valence-electron chi connectivity index (χ0n) is 17.7. The summed E-state index contributed by atoms with van der Waals surface area (Å²) >= 11 is 3.11. The van der Waals surface area contributed by atoms with Crippen LogP contribution in [0.1, 0.15) is 38.4 Å². The molecule has 10 heteroatoms. The Bertz CT molecular complexity index is 874. The van der Waals surface area contributed by atoms with Crippen LogP contribution < -0.4 is 5.73 Å². The number of nitrogens with two attached hydrogens (primary N) is 1. The van der Waals surface area contributed by atoms with E-state index in [0.717, 1.165) is 73.1 Å². The molecule has 0 aliphatic carbocycles. The summed E-state index contributed by atoms with van der Waals surface area (Å²) in [6.07, 6.45) is 4.75. The van der Waals surface area contributed by atoms with Crippen LogP contribution in [0.2, 0.25) is 0 Å². The monoisotopic (exact) mass is 463 g/mol. The SMILES string of the molecule is CC1CCN(C2=NN3C(=NC(=O)C(Cc4ccc(SCC5CCCO5)o4)C3N)S2)CC1. The minimum absolute atomic E-state index is 0.195. The second kappa shape index (κ2) is 9.17. The summed E-state index contributed by atoms with van der Waals surface area (Å²) in [6.45, 7) is 5.11. The summed E-state index contributed by atoms with van der Waals surface area (Å²) in [5, 5.41) is 8.79. The predicted molar refractivity (Wildman–Crippen MR) is 123 cm³/mol. The molecule has 4 aliphatic rings. The fourth-order valence-corrected chi connectivity index (χ4v) is 6.23. The van der Waals surface area contributed by atoms with Crippen LogP contribution in [-0.2, 0) is 16.0 Å². The van der Waals surface area contributed by atoms with Crippen molar-refractivity contribution in [1.82, 2.24) is 9.91 Å². The van der Waals surface area contributed by atoms with E-state index in [1.54, 1.807) is 16.8 Å². The lowest BCUT2D eigenvalue weighted by Gasteiger charge is -2.31. The van der Waals surface area contributed by atoms with E-state index in [2.05, 4.69) is 16.8 Å². The van der Waals surface area contributed by atoms with Crippen LogP contribution in [0.4, 0.5) is 0 Å². The van der Waals surface area contributed by atoms with Crippen LogP contribution in [0.15, 0.2) is 31.7 Å². The first-order chi connectivity index (χ1) is 15.1. The summed E-state index contributed by atoms with van der Waals surface area (Å²) < 4.78 is 11.6. The number of furan rings is 1. The van der Waals surface area contributed by atoms with Gasteiger partial charge < -0.3 is 19.8 Å². The Hall–Kier alpha value is -1.49. The average molecular weight is 464 g/mol. The Balaban J connectivity index is 1.22. The van der Waals surface area contributed by atoms with Gasteiger partial charge in [-0.15, -0.1) is 5.10 Å². The van der Waals surface area contributed by atoms with Crippen LogP contribution in [0.3, 0.4) is 0 Å². The van der Waals surface area contributed by atoms with Gasteiger partial charge in [0.2, 0.25) is 0 Å². The molecule has 1 amide bonds. The van der Waals surface area contributed by atoms with E-state index in [9.17, 15) is 4.79 Å². The number of nitrogens with zero attached hydrogens (tertiary/aromatic N) is 4. The number of aliphatic imine (C=N–C) groups is 1. The van der Waals surface area contributed by atoms with Gasteiger partial charge in [0.15, 0.2) is 15.4 Å². The molecule has 3 unspecified atom stereocenters. The van der Waals surface area contributed by atoms with Gasteiger partial charge >= 0.3 is 0 Å². The standard InChI is InChI=1S/C21H29N5O3S2/c1-13-6-8-25(9-7-13)21-24-26-18(22)16(19(27)23-20(26)31-21)11-14-4-5-17(29-14)30-12-15-3-2-10-28-15/h4-5,13,15-16,18H,2-3,6-12,22H2,1H3. The smallest absolute Gasteiger partial charge is 0.255 e. The summed E-state index contributed by atoms with van der Waals surface area (Å²) in [5.74, 6) is 1.72. The summed E-state index contributed by atoms with van der Waals surface area (Å²) in [7, 11) is 0. The molecule has 0 aromatic carbocycles. The molecule has 0 spiro atoms. The van der Waals surface area contributed by atoms with Gasteiger partial charge in [-0.1, -0.05) is 18.7 Å². The number of piperidine rings is 1. The van der Waals surface area contributed by atoms with E-state index in [-0.39, 0.29) is 5.91 Å². The molecular formula is C21H29N5O3S2. The van der Waals surface area contributed by atoms with Crippen LogP contribution in [0.5, 0.6) is 0 Å². The van der Waals surface area contributed by atoms with Gasteiger partial charge in [0.1, 0.15) is 11.9 Å². The van der Waals surface area contributed by atoms with E-state index in [1.807, 2.05) is 12.1 Å². The fourth-order valence-electron chi connectivity index (χ4n) is 4.29. The zero-order chi connectivity index (χ0) is 21.4. The molecule has 2 N–H and O–H groups in total. The number of carbonyl (C=O) groups excluding carboxylic acids is 1. The van der Waals surface area contributed by atoms with Crippen LogP contribution in [0.25, 0.3) is 0 Å². The molecule has 3 atom stereocenters. The average Bonchev–Trinajstić information content (AvgIpc) is 3.51. The Morgan fingerprint density at radius 1 is 1.26 bits per heavy atom. The fraction of sp³-hybridized carbons (Fsp3) is 0.667. The van der Waals surface area contributed by atoms with E-state index >= 15 is 0 Å². The molecule has 0 bridgehead atoms. The van der Waals surface area contributed by atoms with Gasteiger partial charge in [0, 0.05) is 31.9 Å². The lowest BCUT2D eigenvalue weighted by atomic mass is 9.98. The van der Waals surface area contributed by atoms with Crippen LogP contribution >= 0.6 is 23.5 Å². The van der Waals surface area contributed by atoms with Crippen molar-refractivity contribution in [1.29, 1.82) is 0 Å². The third-order valence-corrected chi connectivity index (χ3v) is 8.36. The van der Waals surface area contributed by atoms with Crippen molar-refractivity contribution in [2.45, 2.75) is 56.4 Å². The Morgan fingerprint density at radius 3 is 2.87 bits per heavy atom. The number of rotatable bonds is 5. The normalized spacial score (nSPS) is 29.4. The quantitative estimate of drug-likeness (QED) is 0.666. The number of amides is 1. The summed E-state index contributed by atoms with van der Waals surface area (Å²) in [6, 6.07) is 3.89. The Kier molecular flexibility index (Phi) is 6.32. The van der Waals surface area contributed by atoms with Crippen molar-refractivity contribution in [3.05, 3.63) is 17.9 Å². The molecule has 31 heavy (non-hydrogen) atoms. The molecule has 8 nitrogen and oxygen atoms in total. The maximum absolute atomic E-state index is 12.7. The lowest BCUT2D eigenvalue weighted by molar-refractivity contribution is -0.124. The maximum atomic E-state index is 12.7. The molecule has 0 saturated carbocycles. The number of carbonyl (C=O) groups is 1. The molecule has 1 aromatic rings. The Labute approximate surface area is 191 Å². The first kappa shape index (κ1) is 21.4. The van der Waals surface area contributed by atoms with E-state index in [4.69, 9.17) is 20.0 Å². The van der Waals surface area contributed by atoms with Gasteiger partial charge in [0.25, 0.3) is 5.91 Å². The second-order valence-electron chi connectivity index (χ2n) is 8.70. The molecule has 2 saturated heterocycles. The van der Waals surface area contributed by atoms with Gasteiger partial charge in [0.05, 0.1) is 12.0 Å². The molecule has 5 heterocycles. The number of hydrogen-bond donors (Lipinski definition) is 1. The van der Waals surface area contributed by atoms with Gasteiger partial charge in [-0.25, -0.2) is 5.01 Å². The van der Waals surface area contributed by atoms with Crippen molar-refractivity contribution < 1.29 is 13.9 Å². The highest BCUT2D eigenvalue weighted by molar-refractivity contribution is 8.26. The first-order valence-corrected chi connectivity index (χ1v) is 12.9. The number of fused-ring (bicyclic) bond motifs is 1. The van der Waals surface area contributed by atoms with Crippen LogP contribution in [0, 0.1) is 11.8 Å². The number of ether oxygens (including phenoxy) is 1. The van der Waals surface area contributed by atoms with Crippen molar-refractivity contribution in [3.63, 3.8) is 0 Å². The second-order valence-corrected chi connectivity index (χ2v) is 10.7. The van der Waals surface area contributed by atoms with E-state index < -0.39 is 12.1 Å².